The van der Waals surface area contributed by atoms with Crippen LogP contribution in [0.4, 0.5) is 0 Å². The summed E-state index contributed by atoms with van der Waals surface area (Å²) in [4.78, 5) is 0. The highest BCUT2D eigenvalue weighted by molar-refractivity contribution is 4.68. The van der Waals surface area contributed by atoms with Gasteiger partial charge in [0.15, 0.2) is 0 Å². The maximum atomic E-state index is 5.95. The first-order chi connectivity index (χ1) is 10.7. The highest BCUT2D eigenvalue weighted by Crippen LogP contribution is 2.30. The molecular formula is C19H40O3. The lowest BCUT2D eigenvalue weighted by Gasteiger charge is -2.34. The predicted octanol–water partition coefficient (Wildman–Crippen LogP) is 5.92. The predicted molar refractivity (Wildman–Crippen MR) is 94.0 cm³/mol. The third-order valence-electron chi connectivity index (χ3n) is 4.15. The zero-order valence-electron chi connectivity index (χ0n) is 15.8. The summed E-state index contributed by atoms with van der Waals surface area (Å²) in [6.07, 6.45) is 12.2. The van der Waals surface area contributed by atoms with Crippen LogP contribution < -0.4 is 0 Å². The molecule has 0 N–H and O–H groups in total. The van der Waals surface area contributed by atoms with Gasteiger partial charge in [-0.05, 0) is 19.3 Å². The van der Waals surface area contributed by atoms with Crippen molar-refractivity contribution in [1.29, 1.82) is 0 Å². The van der Waals surface area contributed by atoms with Gasteiger partial charge in [-0.2, -0.15) is 0 Å². The molecule has 0 aromatic carbocycles. The van der Waals surface area contributed by atoms with Crippen molar-refractivity contribution in [2.75, 3.05) is 20.3 Å². The van der Waals surface area contributed by atoms with Gasteiger partial charge < -0.3 is 14.2 Å². The topological polar surface area (TPSA) is 27.7 Å². The highest BCUT2D eigenvalue weighted by atomic mass is 16.9. The molecule has 0 saturated heterocycles. The van der Waals surface area contributed by atoms with Gasteiger partial charge in [-0.25, -0.2) is 0 Å². The summed E-state index contributed by atoms with van der Waals surface area (Å²) in [7, 11) is 1.70. The van der Waals surface area contributed by atoms with E-state index in [1.54, 1.807) is 7.11 Å². The van der Waals surface area contributed by atoms with E-state index in [1.165, 1.54) is 51.4 Å². The van der Waals surface area contributed by atoms with Crippen molar-refractivity contribution in [2.24, 2.45) is 5.92 Å². The Morgan fingerprint density at radius 2 is 1.50 bits per heavy atom. The van der Waals surface area contributed by atoms with Crippen LogP contribution in [-0.4, -0.2) is 26.3 Å². The van der Waals surface area contributed by atoms with Gasteiger partial charge in [0.05, 0.1) is 6.61 Å². The molecule has 0 fully saturated rings. The van der Waals surface area contributed by atoms with E-state index >= 15 is 0 Å². The Hall–Kier alpha value is -0.120. The van der Waals surface area contributed by atoms with Crippen LogP contribution in [0.15, 0.2) is 0 Å². The van der Waals surface area contributed by atoms with Gasteiger partial charge >= 0.3 is 0 Å². The Bertz CT molecular complexity index is 233. The second kappa shape index (κ2) is 14.5. The molecule has 2 atom stereocenters. The summed E-state index contributed by atoms with van der Waals surface area (Å²) in [5.74, 6) is -0.219. The fourth-order valence-corrected chi connectivity index (χ4v) is 2.99. The minimum absolute atomic E-state index is 0.618. The Kier molecular flexibility index (Phi) is 14.4. The Morgan fingerprint density at radius 3 is 2.05 bits per heavy atom. The summed E-state index contributed by atoms with van der Waals surface area (Å²) in [5.41, 5.74) is 0. The van der Waals surface area contributed by atoms with E-state index in [4.69, 9.17) is 14.2 Å². The third kappa shape index (κ3) is 9.81. The van der Waals surface area contributed by atoms with Crippen molar-refractivity contribution in [3.8, 4) is 0 Å². The first-order valence-corrected chi connectivity index (χ1v) is 9.50. The maximum absolute atomic E-state index is 5.95. The molecule has 0 heterocycles. The molecule has 0 amide bonds. The number of rotatable bonds is 16. The van der Waals surface area contributed by atoms with Crippen LogP contribution in [-0.2, 0) is 14.2 Å². The Morgan fingerprint density at radius 1 is 0.773 bits per heavy atom. The fraction of sp³-hybridized carbons (Fsp3) is 1.00. The molecule has 0 aliphatic rings. The minimum atomic E-state index is -0.839. The third-order valence-corrected chi connectivity index (χ3v) is 4.15. The second-order valence-corrected chi connectivity index (χ2v) is 6.23. The van der Waals surface area contributed by atoms with Gasteiger partial charge in [-0.3, -0.25) is 0 Å². The highest BCUT2D eigenvalue weighted by Gasteiger charge is 2.34. The van der Waals surface area contributed by atoms with E-state index in [0.717, 1.165) is 12.8 Å². The number of hydrogen-bond donors (Lipinski definition) is 0. The monoisotopic (exact) mass is 316 g/mol. The van der Waals surface area contributed by atoms with E-state index in [2.05, 4.69) is 20.8 Å². The Balaban J connectivity index is 4.47. The molecule has 2 unspecified atom stereocenters. The molecule has 3 nitrogen and oxygen atoms in total. The van der Waals surface area contributed by atoms with Gasteiger partial charge in [-0.15, -0.1) is 0 Å². The number of hydrogen-bond acceptors (Lipinski definition) is 3. The van der Waals surface area contributed by atoms with Crippen LogP contribution in [0.25, 0.3) is 0 Å². The smallest absolute Gasteiger partial charge is 0.282 e. The van der Waals surface area contributed by atoms with Crippen LogP contribution in [0.1, 0.15) is 91.9 Å². The van der Waals surface area contributed by atoms with Gasteiger partial charge in [0.1, 0.15) is 0 Å². The van der Waals surface area contributed by atoms with Crippen LogP contribution in [0.2, 0.25) is 0 Å². The molecule has 0 spiro atoms. The van der Waals surface area contributed by atoms with E-state index in [9.17, 15) is 0 Å². The zero-order valence-corrected chi connectivity index (χ0v) is 15.8. The van der Waals surface area contributed by atoms with Crippen LogP contribution in [0.5, 0.6) is 0 Å². The molecule has 22 heavy (non-hydrogen) atoms. The SMILES string of the molecule is CCCCCCCC(CCC)CC(OC)(OCC)OCCC. The molecule has 0 aliphatic carbocycles. The van der Waals surface area contributed by atoms with Crippen molar-refractivity contribution in [3.05, 3.63) is 0 Å². The second-order valence-electron chi connectivity index (χ2n) is 6.23. The lowest BCUT2D eigenvalue weighted by Crippen LogP contribution is -2.40. The van der Waals surface area contributed by atoms with E-state index in [0.29, 0.717) is 19.1 Å². The van der Waals surface area contributed by atoms with Crippen LogP contribution in [0, 0.1) is 5.92 Å². The molecule has 0 bridgehead atoms. The van der Waals surface area contributed by atoms with Crippen molar-refractivity contribution in [3.63, 3.8) is 0 Å². The number of unbranched alkanes of at least 4 members (excludes halogenated alkanes) is 4. The van der Waals surface area contributed by atoms with Gasteiger partial charge in [0, 0.05) is 20.1 Å². The average Bonchev–Trinajstić information content (AvgIpc) is 2.52. The van der Waals surface area contributed by atoms with Crippen molar-refractivity contribution >= 4 is 0 Å². The van der Waals surface area contributed by atoms with Gasteiger partial charge in [0.2, 0.25) is 0 Å². The molecule has 0 aromatic heterocycles. The quantitative estimate of drug-likeness (QED) is 0.261. The average molecular weight is 317 g/mol. The molecule has 0 saturated carbocycles. The summed E-state index contributed by atoms with van der Waals surface area (Å²) >= 11 is 0. The van der Waals surface area contributed by atoms with Gasteiger partial charge in [-0.1, -0.05) is 72.1 Å². The molecule has 0 aliphatic heterocycles. The first kappa shape index (κ1) is 21.9. The van der Waals surface area contributed by atoms with Crippen molar-refractivity contribution in [2.45, 2.75) is 97.9 Å². The lowest BCUT2D eigenvalue weighted by atomic mass is 9.92. The largest absolute Gasteiger partial charge is 0.331 e. The van der Waals surface area contributed by atoms with Crippen molar-refractivity contribution < 1.29 is 14.2 Å². The van der Waals surface area contributed by atoms with Crippen LogP contribution in [0.3, 0.4) is 0 Å². The zero-order chi connectivity index (χ0) is 16.7. The van der Waals surface area contributed by atoms with Gasteiger partial charge in [0.25, 0.3) is 5.97 Å². The van der Waals surface area contributed by atoms with E-state index in [1.807, 2.05) is 6.92 Å². The van der Waals surface area contributed by atoms with E-state index < -0.39 is 5.97 Å². The molecule has 134 valence electrons. The normalized spacial score (nSPS) is 15.7. The summed E-state index contributed by atoms with van der Waals surface area (Å²) < 4.78 is 17.5. The standard InChI is InChI=1S/C19H40O3/c1-6-10-11-12-13-15-18(14-7-2)17-19(20-5,21-9-4)22-16-8-3/h18H,6-17H2,1-5H3. The fourth-order valence-electron chi connectivity index (χ4n) is 2.99. The molecule has 0 rings (SSSR count). The molecule has 3 heteroatoms. The Labute approximate surface area is 139 Å². The molecular weight excluding hydrogens is 276 g/mol. The molecule has 0 aromatic rings. The van der Waals surface area contributed by atoms with Crippen molar-refractivity contribution in [1.82, 2.24) is 0 Å². The summed E-state index contributed by atoms with van der Waals surface area (Å²) in [6.45, 7) is 9.94. The number of methoxy groups -OCH3 is 1. The summed E-state index contributed by atoms with van der Waals surface area (Å²) in [5, 5.41) is 0. The minimum Gasteiger partial charge on any atom is -0.331 e. The number of ether oxygens (including phenoxy) is 3. The van der Waals surface area contributed by atoms with E-state index in [-0.39, 0.29) is 0 Å². The van der Waals surface area contributed by atoms with Crippen LogP contribution >= 0.6 is 0 Å². The first-order valence-electron chi connectivity index (χ1n) is 9.50. The summed E-state index contributed by atoms with van der Waals surface area (Å²) in [6, 6.07) is 0. The molecule has 0 radical (unpaired) electrons. The lowest BCUT2D eigenvalue weighted by molar-refractivity contribution is -0.377. The maximum Gasteiger partial charge on any atom is 0.282 e.